The van der Waals surface area contributed by atoms with Crippen molar-refractivity contribution in [3.63, 3.8) is 0 Å². The Morgan fingerprint density at radius 1 is 0.607 bits per heavy atom. The number of carbonyl (C=O) groups is 2. The van der Waals surface area contributed by atoms with Crippen molar-refractivity contribution in [2.45, 2.75) is 90.9 Å². The van der Waals surface area contributed by atoms with Gasteiger partial charge in [-0.25, -0.2) is 0 Å². The molecule has 0 aliphatic heterocycles. The van der Waals surface area contributed by atoms with Crippen LogP contribution in [0, 0.1) is 35.5 Å². The number of esters is 2. The fourth-order valence-electron chi connectivity index (χ4n) is 6.58. The summed E-state index contributed by atoms with van der Waals surface area (Å²) >= 11 is 0. The molecule has 3 aliphatic carbocycles. The minimum Gasteiger partial charge on any atom is -0.466 e. The summed E-state index contributed by atoms with van der Waals surface area (Å²) in [5.74, 6) is 0.806. The summed E-state index contributed by atoms with van der Waals surface area (Å²) in [7, 11) is 0. The number of hydrogen-bond donors (Lipinski definition) is 0. The van der Waals surface area contributed by atoms with E-state index in [1.54, 1.807) is 0 Å². The lowest BCUT2D eigenvalue weighted by Gasteiger charge is -2.47. The number of rotatable bonds is 6. The molecule has 0 aromatic rings. The summed E-state index contributed by atoms with van der Waals surface area (Å²) in [5, 5.41) is 0. The van der Waals surface area contributed by atoms with Crippen LogP contribution in [0.1, 0.15) is 90.9 Å². The average Bonchev–Trinajstić information content (AvgIpc) is 2.74. The van der Waals surface area contributed by atoms with Crippen LogP contribution in [-0.2, 0) is 19.1 Å². The predicted octanol–water partition coefficient (Wildman–Crippen LogP) is 5.53. The van der Waals surface area contributed by atoms with E-state index in [1.165, 1.54) is 64.2 Å². The number of hydrogen-bond acceptors (Lipinski definition) is 4. The Bertz CT molecular complexity index is 459. The van der Waals surface area contributed by atoms with Crippen LogP contribution in [0.5, 0.6) is 0 Å². The molecule has 4 nitrogen and oxygen atoms in total. The van der Waals surface area contributed by atoms with Gasteiger partial charge in [0.1, 0.15) is 0 Å². The molecule has 160 valence electrons. The van der Waals surface area contributed by atoms with Crippen LogP contribution < -0.4 is 0 Å². The van der Waals surface area contributed by atoms with Gasteiger partial charge in [-0.05, 0) is 50.4 Å². The first-order chi connectivity index (χ1) is 13.7. The summed E-state index contributed by atoms with van der Waals surface area (Å²) in [6.07, 6.45) is 14.6. The van der Waals surface area contributed by atoms with E-state index in [-0.39, 0.29) is 35.6 Å². The van der Waals surface area contributed by atoms with Crippen LogP contribution in [0.4, 0.5) is 0 Å². The zero-order chi connectivity index (χ0) is 19.9. The lowest BCUT2D eigenvalue weighted by Crippen LogP contribution is -2.49. The fraction of sp³-hybridized carbons (Fsp3) is 0.917. The molecule has 4 unspecified atom stereocenters. The lowest BCUT2D eigenvalue weighted by atomic mass is 9.57. The zero-order valence-electron chi connectivity index (χ0n) is 18.0. The van der Waals surface area contributed by atoms with E-state index in [9.17, 15) is 9.59 Å². The molecule has 0 radical (unpaired) electrons. The Kier molecular flexibility index (Phi) is 8.23. The molecular formula is C24H40O4. The minimum absolute atomic E-state index is 0.142. The molecule has 0 bridgehead atoms. The molecule has 4 heteroatoms. The maximum atomic E-state index is 13.2. The van der Waals surface area contributed by atoms with Crippen LogP contribution in [0.15, 0.2) is 0 Å². The Hall–Kier alpha value is -1.06. The van der Waals surface area contributed by atoms with E-state index >= 15 is 0 Å². The lowest BCUT2D eigenvalue weighted by molar-refractivity contribution is -0.172. The Balaban J connectivity index is 1.89. The SMILES string of the molecule is CCOC(=O)C1C(C2CCCCC2)CCC(C2CCCCC2)C1C(=O)OCC. The molecule has 3 saturated carbocycles. The van der Waals surface area contributed by atoms with Gasteiger partial charge in [0.2, 0.25) is 0 Å². The molecule has 0 aromatic heterocycles. The monoisotopic (exact) mass is 392 g/mol. The molecule has 0 N–H and O–H groups in total. The Morgan fingerprint density at radius 2 is 0.964 bits per heavy atom. The topological polar surface area (TPSA) is 52.6 Å². The van der Waals surface area contributed by atoms with Gasteiger partial charge in [-0.2, -0.15) is 0 Å². The number of ether oxygens (including phenoxy) is 2. The third-order valence-corrected chi connectivity index (χ3v) is 7.77. The molecule has 3 aliphatic rings. The van der Waals surface area contributed by atoms with Crippen molar-refractivity contribution in [3.05, 3.63) is 0 Å². The Morgan fingerprint density at radius 3 is 1.29 bits per heavy atom. The molecule has 0 aromatic carbocycles. The van der Waals surface area contributed by atoms with Crippen LogP contribution in [-0.4, -0.2) is 25.2 Å². The highest BCUT2D eigenvalue weighted by atomic mass is 16.5. The molecule has 3 rings (SSSR count). The smallest absolute Gasteiger partial charge is 0.310 e. The first-order valence-electron chi connectivity index (χ1n) is 12.0. The summed E-state index contributed by atoms with van der Waals surface area (Å²) in [6, 6.07) is 0. The Labute approximate surface area is 171 Å². The normalized spacial score (nSPS) is 32.6. The average molecular weight is 393 g/mol. The van der Waals surface area contributed by atoms with Crippen LogP contribution >= 0.6 is 0 Å². The van der Waals surface area contributed by atoms with Gasteiger partial charge in [-0.3, -0.25) is 9.59 Å². The van der Waals surface area contributed by atoms with Gasteiger partial charge in [-0.15, -0.1) is 0 Å². The predicted molar refractivity (Wildman–Crippen MR) is 110 cm³/mol. The molecule has 28 heavy (non-hydrogen) atoms. The van der Waals surface area contributed by atoms with Gasteiger partial charge in [-0.1, -0.05) is 64.2 Å². The maximum absolute atomic E-state index is 13.2. The molecule has 0 amide bonds. The molecule has 4 atom stereocenters. The summed E-state index contributed by atoms with van der Waals surface area (Å²) in [5.41, 5.74) is 0. The second-order valence-electron chi connectivity index (χ2n) is 9.26. The van der Waals surface area contributed by atoms with E-state index < -0.39 is 0 Å². The third-order valence-electron chi connectivity index (χ3n) is 7.77. The van der Waals surface area contributed by atoms with Gasteiger partial charge >= 0.3 is 11.9 Å². The summed E-state index contributed by atoms with van der Waals surface area (Å²) in [6.45, 7) is 4.51. The van der Waals surface area contributed by atoms with E-state index in [2.05, 4.69) is 0 Å². The van der Waals surface area contributed by atoms with E-state index in [0.29, 0.717) is 25.0 Å². The summed E-state index contributed by atoms with van der Waals surface area (Å²) in [4.78, 5) is 26.3. The standard InChI is InChI=1S/C24H40O4/c1-3-27-23(25)21-19(17-11-7-5-8-12-17)15-16-20(18-13-9-6-10-14-18)22(21)24(26)28-4-2/h17-22H,3-16H2,1-2H3. The molecule has 0 heterocycles. The van der Waals surface area contributed by atoms with Crippen molar-refractivity contribution < 1.29 is 19.1 Å². The van der Waals surface area contributed by atoms with Gasteiger partial charge in [0.15, 0.2) is 0 Å². The van der Waals surface area contributed by atoms with Crippen molar-refractivity contribution in [2.75, 3.05) is 13.2 Å². The molecular weight excluding hydrogens is 352 g/mol. The highest BCUT2D eigenvalue weighted by Gasteiger charge is 2.52. The summed E-state index contributed by atoms with van der Waals surface area (Å²) < 4.78 is 11.1. The van der Waals surface area contributed by atoms with E-state index in [4.69, 9.17) is 9.47 Å². The van der Waals surface area contributed by atoms with Gasteiger partial charge in [0.05, 0.1) is 25.0 Å². The van der Waals surface area contributed by atoms with Gasteiger partial charge in [0, 0.05) is 0 Å². The second kappa shape index (κ2) is 10.6. The quantitative estimate of drug-likeness (QED) is 0.558. The van der Waals surface area contributed by atoms with Crippen LogP contribution in [0.2, 0.25) is 0 Å². The van der Waals surface area contributed by atoms with Gasteiger partial charge in [0.25, 0.3) is 0 Å². The zero-order valence-corrected chi connectivity index (χ0v) is 18.0. The van der Waals surface area contributed by atoms with Gasteiger partial charge < -0.3 is 9.47 Å². The van der Waals surface area contributed by atoms with E-state index in [1.807, 2.05) is 13.8 Å². The van der Waals surface area contributed by atoms with Crippen molar-refractivity contribution in [2.24, 2.45) is 35.5 Å². The largest absolute Gasteiger partial charge is 0.466 e. The fourth-order valence-corrected chi connectivity index (χ4v) is 6.58. The van der Waals surface area contributed by atoms with Crippen molar-refractivity contribution in [1.82, 2.24) is 0 Å². The first-order valence-corrected chi connectivity index (χ1v) is 12.0. The van der Waals surface area contributed by atoms with Crippen molar-refractivity contribution >= 4 is 11.9 Å². The molecule has 0 saturated heterocycles. The van der Waals surface area contributed by atoms with Crippen molar-refractivity contribution in [1.29, 1.82) is 0 Å². The third kappa shape index (κ3) is 4.91. The number of carbonyl (C=O) groups excluding carboxylic acids is 2. The first kappa shape index (κ1) is 21.6. The minimum atomic E-state index is -0.303. The maximum Gasteiger partial charge on any atom is 0.310 e. The van der Waals surface area contributed by atoms with Crippen molar-refractivity contribution in [3.8, 4) is 0 Å². The second-order valence-corrected chi connectivity index (χ2v) is 9.26. The van der Waals surface area contributed by atoms with Crippen LogP contribution in [0.3, 0.4) is 0 Å². The van der Waals surface area contributed by atoms with E-state index in [0.717, 1.165) is 12.8 Å². The highest BCUT2D eigenvalue weighted by Crippen LogP contribution is 2.51. The highest BCUT2D eigenvalue weighted by molar-refractivity contribution is 5.83. The molecule has 3 fully saturated rings. The molecule has 0 spiro atoms. The van der Waals surface area contributed by atoms with Crippen LogP contribution in [0.25, 0.3) is 0 Å².